The highest BCUT2D eigenvalue weighted by Gasteiger charge is 2.22. The van der Waals surface area contributed by atoms with E-state index >= 15 is 0 Å². The Hall–Kier alpha value is -2.43. The Morgan fingerprint density at radius 2 is 2.10 bits per heavy atom. The average Bonchev–Trinajstić information content (AvgIpc) is 2.46. The Morgan fingerprint density at radius 1 is 1.29 bits per heavy atom. The number of fused-ring (bicyclic) bond motifs is 1. The molecule has 5 nitrogen and oxygen atoms in total. The minimum Gasteiger partial charge on any atom is -0.322 e. The van der Waals surface area contributed by atoms with E-state index in [0.717, 1.165) is 34.2 Å². The molecule has 1 aliphatic heterocycles. The lowest BCUT2D eigenvalue weighted by Gasteiger charge is -2.20. The third kappa shape index (κ3) is 2.46. The van der Waals surface area contributed by atoms with Crippen LogP contribution in [0.2, 0.25) is 0 Å². The molecule has 0 saturated heterocycles. The van der Waals surface area contributed by atoms with Crippen molar-refractivity contribution in [3.8, 4) is 0 Å². The lowest BCUT2D eigenvalue weighted by atomic mass is 9.91. The number of hydrogen-bond donors (Lipinski definition) is 2. The van der Waals surface area contributed by atoms with Gasteiger partial charge in [-0.3, -0.25) is 9.59 Å². The number of aryl methyl sites for hydroxylation is 1. The fourth-order valence-electron chi connectivity index (χ4n) is 2.77. The van der Waals surface area contributed by atoms with E-state index in [2.05, 4.69) is 22.4 Å². The summed E-state index contributed by atoms with van der Waals surface area (Å²) in [6, 6.07) is 7.41. The zero-order valence-corrected chi connectivity index (χ0v) is 12.1. The Morgan fingerprint density at radius 3 is 2.81 bits per heavy atom. The van der Waals surface area contributed by atoms with Crippen molar-refractivity contribution in [3.63, 3.8) is 0 Å². The van der Waals surface area contributed by atoms with Gasteiger partial charge >= 0.3 is 0 Å². The second-order valence-corrected chi connectivity index (χ2v) is 5.41. The fourth-order valence-corrected chi connectivity index (χ4v) is 2.77. The van der Waals surface area contributed by atoms with E-state index in [1.807, 2.05) is 25.1 Å². The van der Waals surface area contributed by atoms with Gasteiger partial charge in [0.25, 0.3) is 0 Å². The van der Waals surface area contributed by atoms with E-state index in [1.54, 1.807) is 0 Å². The molecule has 3 rings (SSSR count). The van der Waals surface area contributed by atoms with E-state index in [0.29, 0.717) is 6.42 Å². The van der Waals surface area contributed by atoms with Crippen LogP contribution in [0.3, 0.4) is 0 Å². The zero-order chi connectivity index (χ0) is 15.0. The Kier molecular flexibility index (Phi) is 3.33. The lowest BCUT2D eigenvalue weighted by molar-refractivity contribution is -0.121. The summed E-state index contributed by atoms with van der Waals surface area (Å²) in [6.07, 6.45) is 1.27. The molecule has 0 aliphatic carbocycles. The number of nitrogens with zero attached hydrogens (tertiary/aromatic N) is 1. The van der Waals surface area contributed by atoms with Gasteiger partial charge in [-0.2, -0.15) is 5.10 Å². The molecule has 5 heteroatoms. The average molecular weight is 283 g/mol. The number of aromatic nitrogens is 1. The molecule has 1 unspecified atom stereocenters. The highest BCUT2D eigenvalue weighted by molar-refractivity contribution is 6.07. The van der Waals surface area contributed by atoms with Crippen LogP contribution in [0.4, 0.5) is 0 Å². The van der Waals surface area contributed by atoms with Crippen molar-refractivity contribution < 1.29 is 4.79 Å². The van der Waals surface area contributed by atoms with Crippen LogP contribution in [0.5, 0.6) is 0 Å². The van der Waals surface area contributed by atoms with Crippen molar-refractivity contribution in [2.24, 2.45) is 11.0 Å². The molecule has 1 aromatic carbocycles. The van der Waals surface area contributed by atoms with Crippen LogP contribution in [0.1, 0.15) is 31.4 Å². The van der Waals surface area contributed by atoms with Crippen molar-refractivity contribution in [1.82, 2.24) is 10.4 Å². The SMILES string of the molecule is CCc1cc(C2=NNC(=O)CC2C)cc2ccc(=O)[nH]c12. The smallest absolute Gasteiger partial charge is 0.248 e. The first-order valence-corrected chi connectivity index (χ1v) is 7.11. The van der Waals surface area contributed by atoms with Crippen molar-refractivity contribution in [3.05, 3.63) is 45.7 Å². The van der Waals surface area contributed by atoms with Gasteiger partial charge in [0.2, 0.25) is 11.5 Å². The van der Waals surface area contributed by atoms with Gasteiger partial charge in [0.1, 0.15) is 0 Å². The van der Waals surface area contributed by atoms with E-state index < -0.39 is 0 Å². The van der Waals surface area contributed by atoms with Gasteiger partial charge in [0.15, 0.2) is 0 Å². The predicted octanol–water partition coefficient (Wildman–Crippen LogP) is 1.95. The van der Waals surface area contributed by atoms with Crippen LogP contribution >= 0.6 is 0 Å². The number of hydrazone groups is 1. The first-order valence-electron chi connectivity index (χ1n) is 7.11. The highest BCUT2D eigenvalue weighted by atomic mass is 16.2. The highest BCUT2D eigenvalue weighted by Crippen LogP contribution is 2.23. The summed E-state index contributed by atoms with van der Waals surface area (Å²) in [6.45, 7) is 4.05. The molecule has 2 heterocycles. The van der Waals surface area contributed by atoms with Crippen LogP contribution in [0.25, 0.3) is 10.9 Å². The Labute approximate surface area is 122 Å². The molecule has 1 amide bonds. The predicted molar refractivity (Wildman–Crippen MR) is 82.4 cm³/mol. The second-order valence-electron chi connectivity index (χ2n) is 5.41. The molecule has 2 N–H and O–H groups in total. The summed E-state index contributed by atoms with van der Waals surface area (Å²) in [5.74, 6) is 0.0377. The second kappa shape index (κ2) is 5.16. The maximum absolute atomic E-state index is 11.5. The third-order valence-electron chi connectivity index (χ3n) is 3.85. The quantitative estimate of drug-likeness (QED) is 0.884. The summed E-state index contributed by atoms with van der Waals surface area (Å²) in [5.41, 5.74) is 6.29. The monoisotopic (exact) mass is 283 g/mol. The number of aromatic amines is 1. The third-order valence-corrected chi connectivity index (χ3v) is 3.85. The van der Waals surface area contributed by atoms with Gasteiger partial charge in [-0.15, -0.1) is 0 Å². The fraction of sp³-hybridized carbons (Fsp3) is 0.312. The molecule has 1 aromatic heterocycles. The van der Waals surface area contributed by atoms with Crippen LogP contribution in [-0.2, 0) is 11.2 Å². The molecule has 0 bridgehead atoms. The molecule has 108 valence electrons. The van der Waals surface area contributed by atoms with Crippen molar-refractivity contribution in [2.75, 3.05) is 0 Å². The standard InChI is InChI=1S/C16H17N3O2/c1-3-10-7-12(15-9(2)6-14(21)18-19-15)8-11-4-5-13(20)17-16(10)11/h4-5,7-9H,3,6H2,1-2H3,(H,17,20)(H,18,21). The molecule has 1 atom stereocenters. The molecule has 0 radical (unpaired) electrons. The number of H-pyrrole nitrogens is 1. The molecule has 0 spiro atoms. The van der Waals surface area contributed by atoms with Crippen LogP contribution in [0.15, 0.2) is 34.2 Å². The lowest BCUT2D eigenvalue weighted by Crippen LogP contribution is -2.32. The van der Waals surface area contributed by atoms with E-state index in [4.69, 9.17) is 0 Å². The number of rotatable bonds is 2. The van der Waals surface area contributed by atoms with E-state index in [-0.39, 0.29) is 17.4 Å². The Balaban J connectivity index is 2.18. The maximum Gasteiger partial charge on any atom is 0.248 e. The molecular weight excluding hydrogens is 266 g/mol. The Bertz CT molecular complexity index is 805. The van der Waals surface area contributed by atoms with Gasteiger partial charge < -0.3 is 4.98 Å². The normalized spacial score (nSPS) is 18.5. The summed E-state index contributed by atoms with van der Waals surface area (Å²) in [5, 5.41) is 5.19. The minimum absolute atomic E-state index is 0.0490. The summed E-state index contributed by atoms with van der Waals surface area (Å²) >= 11 is 0. The van der Waals surface area contributed by atoms with Gasteiger partial charge in [-0.1, -0.05) is 13.8 Å². The van der Waals surface area contributed by atoms with Crippen molar-refractivity contribution >= 4 is 22.5 Å². The molecule has 0 fully saturated rings. The first-order chi connectivity index (χ1) is 10.1. The largest absolute Gasteiger partial charge is 0.322 e. The van der Waals surface area contributed by atoms with E-state index in [9.17, 15) is 9.59 Å². The zero-order valence-electron chi connectivity index (χ0n) is 12.1. The van der Waals surface area contributed by atoms with Gasteiger partial charge in [0, 0.05) is 18.4 Å². The van der Waals surface area contributed by atoms with Crippen molar-refractivity contribution in [2.45, 2.75) is 26.7 Å². The molecule has 1 aliphatic rings. The summed E-state index contributed by atoms with van der Waals surface area (Å²) in [4.78, 5) is 25.8. The number of nitrogens with one attached hydrogen (secondary N) is 2. The number of pyridine rings is 1. The van der Waals surface area contributed by atoms with E-state index in [1.165, 1.54) is 6.07 Å². The number of hydrogen-bond acceptors (Lipinski definition) is 3. The molecule has 0 saturated carbocycles. The number of carbonyl (C=O) groups excluding carboxylic acids is 1. The van der Waals surface area contributed by atoms with Gasteiger partial charge in [-0.05, 0) is 41.1 Å². The molecule has 2 aromatic rings. The first kappa shape index (κ1) is 13.5. The topological polar surface area (TPSA) is 74.3 Å². The van der Waals surface area contributed by atoms with Crippen LogP contribution in [-0.4, -0.2) is 16.6 Å². The van der Waals surface area contributed by atoms with Crippen molar-refractivity contribution in [1.29, 1.82) is 0 Å². The number of amides is 1. The number of carbonyl (C=O) groups is 1. The van der Waals surface area contributed by atoms with Crippen LogP contribution < -0.4 is 11.0 Å². The maximum atomic E-state index is 11.5. The minimum atomic E-state index is -0.0967. The number of benzene rings is 1. The van der Waals surface area contributed by atoms with Gasteiger partial charge in [0.05, 0.1) is 11.2 Å². The summed E-state index contributed by atoms with van der Waals surface area (Å²) in [7, 11) is 0. The summed E-state index contributed by atoms with van der Waals surface area (Å²) < 4.78 is 0. The molecule has 21 heavy (non-hydrogen) atoms. The van der Waals surface area contributed by atoms with Crippen LogP contribution in [0, 0.1) is 5.92 Å². The molecular formula is C16H17N3O2. The van der Waals surface area contributed by atoms with Gasteiger partial charge in [-0.25, -0.2) is 5.43 Å².